The maximum atomic E-state index is 12.2. The topological polar surface area (TPSA) is 120 Å². The highest BCUT2D eigenvalue weighted by molar-refractivity contribution is 5.89. The number of anilines is 2. The molecule has 10 heteroatoms. The predicted molar refractivity (Wildman–Crippen MR) is 143 cm³/mol. The van der Waals surface area contributed by atoms with E-state index < -0.39 is 12.1 Å². The van der Waals surface area contributed by atoms with E-state index in [9.17, 15) is 14.7 Å². The van der Waals surface area contributed by atoms with Gasteiger partial charge >= 0.3 is 12.1 Å². The summed E-state index contributed by atoms with van der Waals surface area (Å²) in [5.41, 5.74) is 3.03. The molecule has 3 atom stereocenters. The number of hydrogen-bond donors (Lipinski definition) is 3. The summed E-state index contributed by atoms with van der Waals surface area (Å²) >= 11 is 0. The summed E-state index contributed by atoms with van der Waals surface area (Å²) in [5, 5.41) is 15.5. The van der Waals surface area contributed by atoms with Gasteiger partial charge in [-0.2, -0.15) is 0 Å². The lowest BCUT2D eigenvalue weighted by atomic mass is 9.72. The number of fused-ring (bicyclic) bond motifs is 1. The molecule has 3 N–H and O–H groups in total. The fraction of sp³-hybridized carbons (Fsp3) is 0.556. The number of carboxylic acid groups (broad SMARTS) is 1. The van der Waals surface area contributed by atoms with E-state index in [4.69, 9.17) is 14.7 Å². The Morgan fingerprint density at radius 3 is 2.46 bits per heavy atom. The number of amides is 3. The van der Waals surface area contributed by atoms with Crippen molar-refractivity contribution in [2.45, 2.75) is 59.5 Å². The minimum atomic E-state index is -0.949. The average molecular weight is 511 g/mol. The summed E-state index contributed by atoms with van der Waals surface area (Å²) in [4.78, 5) is 38.0. The second-order valence-corrected chi connectivity index (χ2v) is 10.9. The first kappa shape index (κ1) is 26.7. The Kier molecular flexibility index (Phi) is 7.59. The number of ether oxygens (including phenoxy) is 1. The molecule has 3 heterocycles. The van der Waals surface area contributed by atoms with Gasteiger partial charge in [-0.05, 0) is 50.5 Å². The largest absolute Gasteiger partial charge is 0.465 e. The molecule has 2 unspecified atom stereocenters. The van der Waals surface area contributed by atoms with Gasteiger partial charge < -0.3 is 25.4 Å². The van der Waals surface area contributed by atoms with Crippen LogP contribution in [0.1, 0.15) is 64.8 Å². The molecule has 0 aliphatic carbocycles. The van der Waals surface area contributed by atoms with Gasteiger partial charge in [0.05, 0.1) is 31.0 Å². The van der Waals surface area contributed by atoms with Gasteiger partial charge in [-0.3, -0.25) is 4.90 Å². The smallest absolute Gasteiger partial charge is 0.407 e. The van der Waals surface area contributed by atoms with Crippen LogP contribution in [0, 0.1) is 5.41 Å². The van der Waals surface area contributed by atoms with Gasteiger partial charge in [-0.15, -0.1) is 0 Å². The molecule has 0 radical (unpaired) electrons. The van der Waals surface area contributed by atoms with Crippen LogP contribution in [0.3, 0.4) is 0 Å². The van der Waals surface area contributed by atoms with Gasteiger partial charge in [0, 0.05) is 42.4 Å². The van der Waals surface area contributed by atoms with Crippen LogP contribution in [-0.4, -0.2) is 71.0 Å². The van der Waals surface area contributed by atoms with E-state index in [-0.39, 0.29) is 23.4 Å². The van der Waals surface area contributed by atoms with Crippen molar-refractivity contribution in [2.75, 3.05) is 43.1 Å². The lowest BCUT2D eigenvalue weighted by Crippen LogP contribution is -2.48. The molecular weight excluding hydrogens is 472 g/mol. The minimum Gasteiger partial charge on any atom is -0.465 e. The number of carbonyl (C=O) groups excluding carboxylic acids is 1. The van der Waals surface area contributed by atoms with Crippen LogP contribution < -0.4 is 15.5 Å². The number of benzene rings is 1. The van der Waals surface area contributed by atoms with Gasteiger partial charge in [0.25, 0.3) is 0 Å². The highest BCUT2D eigenvalue weighted by atomic mass is 16.5. The number of aromatic nitrogens is 2. The number of carbonyl (C=O) groups is 2. The quantitative estimate of drug-likeness (QED) is 0.546. The molecule has 3 amide bonds. The SMILES string of the molecule is CCNC(=O)Nc1ccc(-c2nc3c(c(N4CCOC[C@@H]4C)n2)C(C(C)(C)C)CN(C(=O)O)C3C)cc1. The molecule has 200 valence electrons. The molecule has 1 aromatic carbocycles. The van der Waals surface area contributed by atoms with Crippen LogP contribution in [0.2, 0.25) is 0 Å². The lowest BCUT2D eigenvalue weighted by molar-refractivity contribution is 0.0955. The molecule has 2 aliphatic heterocycles. The third-order valence-electron chi connectivity index (χ3n) is 7.22. The molecule has 2 aliphatic rings. The Labute approximate surface area is 218 Å². The molecule has 0 spiro atoms. The van der Waals surface area contributed by atoms with Crippen LogP contribution in [0.5, 0.6) is 0 Å². The van der Waals surface area contributed by atoms with Gasteiger partial charge in [-0.25, -0.2) is 19.6 Å². The standard InChI is InChI=1S/C27H38N6O4/c1-7-28-25(34)29-19-10-8-18(9-11-19)23-30-22-17(3)33(26(35)36)14-20(27(4,5)6)21(22)24(31-23)32-12-13-37-15-16(32)2/h8-11,16-17,20H,7,12-15H2,1-6H3,(H,35,36)(H2,28,29,34)/t16-,17?,20?/m0/s1. The first-order valence-electron chi connectivity index (χ1n) is 12.9. The van der Waals surface area contributed by atoms with Crippen LogP contribution >= 0.6 is 0 Å². The van der Waals surface area contributed by atoms with E-state index >= 15 is 0 Å². The first-order valence-corrected chi connectivity index (χ1v) is 12.9. The van der Waals surface area contributed by atoms with Crippen molar-refractivity contribution < 1.29 is 19.4 Å². The molecule has 4 rings (SSSR count). The Hall–Kier alpha value is -3.40. The summed E-state index contributed by atoms with van der Waals surface area (Å²) in [6, 6.07) is 6.82. The van der Waals surface area contributed by atoms with Gasteiger partial charge in [0.1, 0.15) is 5.82 Å². The molecule has 2 aromatic rings. The van der Waals surface area contributed by atoms with Crippen LogP contribution in [0.25, 0.3) is 11.4 Å². The van der Waals surface area contributed by atoms with Crippen LogP contribution in [-0.2, 0) is 4.74 Å². The zero-order valence-corrected chi connectivity index (χ0v) is 22.5. The van der Waals surface area contributed by atoms with Crippen molar-refractivity contribution >= 4 is 23.6 Å². The summed E-state index contributed by atoms with van der Waals surface area (Å²) in [5.74, 6) is 1.32. The zero-order valence-electron chi connectivity index (χ0n) is 22.5. The summed E-state index contributed by atoms with van der Waals surface area (Å²) < 4.78 is 5.71. The first-order chi connectivity index (χ1) is 17.5. The number of morpholine rings is 1. The number of hydrogen-bond acceptors (Lipinski definition) is 6. The Morgan fingerprint density at radius 2 is 1.86 bits per heavy atom. The van der Waals surface area contributed by atoms with Gasteiger partial charge in [0.15, 0.2) is 5.82 Å². The van der Waals surface area contributed by atoms with E-state index in [1.165, 1.54) is 4.90 Å². The molecule has 1 fully saturated rings. The van der Waals surface area contributed by atoms with Crippen molar-refractivity contribution in [3.63, 3.8) is 0 Å². The number of urea groups is 1. The van der Waals surface area contributed by atoms with Crippen LogP contribution in [0.4, 0.5) is 21.1 Å². The number of rotatable bonds is 4. The molecular formula is C27H38N6O4. The average Bonchev–Trinajstić information content (AvgIpc) is 2.84. The highest BCUT2D eigenvalue weighted by Crippen LogP contribution is 2.48. The van der Waals surface area contributed by atoms with Crippen molar-refractivity contribution in [3.8, 4) is 11.4 Å². The minimum absolute atomic E-state index is 0.0717. The van der Waals surface area contributed by atoms with E-state index in [1.807, 2.05) is 38.1 Å². The fourth-order valence-corrected chi connectivity index (χ4v) is 5.10. The third-order valence-corrected chi connectivity index (χ3v) is 7.22. The zero-order chi connectivity index (χ0) is 26.9. The van der Waals surface area contributed by atoms with Gasteiger partial charge in [0.2, 0.25) is 0 Å². The predicted octanol–water partition coefficient (Wildman–Crippen LogP) is 4.69. The van der Waals surface area contributed by atoms with E-state index in [0.717, 1.165) is 22.6 Å². The maximum Gasteiger partial charge on any atom is 0.407 e. The maximum absolute atomic E-state index is 12.2. The normalized spacial score (nSPS) is 21.8. The molecule has 10 nitrogen and oxygen atoms in total. The Morgan fingerprint density at radius 1 is 1.16 bits per heavy atom. The van der Waals surface area contributed by atoms with E-state index in [2.05, 4.69) is 43.2 Å². The molecule has 1 saturated heterocycles. The molecule has 0 bridgehead atoms. The summed E-state index contributed by atoms with van der Waals surface area (Å²) in [6.45, 7) is 15.1. The second kappa shape index (κ2) is 10.5. The van der Waals surface area contributed by atoms with Crippen LogP contribution in [0.15, 0.2) is 24.3 Å². The lowest BCUT2D eigenvalue weighted by Gasteiger charge is -2.45. The van der Waals surface area contributed by atoms with Crippen molar-refractivity contribution in [1.82, 2.24) is 20.2 Å². The summed E-state index contributed by atoms with van der Waals surface area (Å²) in [7, 11) is 0. The third kappa shape index (κ3) is 5.49. The van der Waals surface area contributed by atoms with E-state index in [1.54, 1.807) is 0 Å². The highest BCUT2D eigenvalue weighted by Gasteiger charge is 2.43. The van der Waals surface area contributed by atoms with Crippen molar-refractivity contribution in [3.05, 3.63) is 35.5 Å². The van der Waals surface area contributed by atoms with Crippen molar-refractivity contribution in [2.24, 2.45) is 5.41 Å². The fourth-order valence-electron chi connectivity index (χ4n) is 5.10. The second-order valence-electron chi connectivity index (χ2n) is 10.9. The molecule has 0 saturated carbocycles. The molecule has 37 heavy (non-hydrogen) atoms. The van der Waals surface area contributed by atoms with Gasteiger partial charge in [-0.1, -0.05) is 20.8 Å². The summed E-state index contributed by atoms with van der Waals surface area (Å²) in [6.07, 6.45) is -0.949. The monoisotopic (exact) mass is 510 g/mol. The van der Waals surface area contributed by atoms with Crippen molar-refractivity contribution in [1.29, 1.82) is 0 Å². The number of nitrogens with zero attached hydrogens (tertiary/aromatic N) is 4. The molecule has 1 aromatic heterocycles. The Balaban J connectivity index is 1.85. The van der Waals surface area contributed by atoms with E-state index in [0.29, 0.717) is 44.4 Å². The number of nitrogens with one attached hydrogen (secondary N) is 2. The Bertz CT molecular complexity index is 1150.